The van der Waals surface area contributed by atoms with E-state index in [1.165, 1.54) is 28.9 Å². The second-order valence-electron chi connectivity index (χ2n) is 8.15. The Labute approximate surface area is 189 Å². The summed E-state index contributed by atoms with van der Waals surface area (Å²) < 4.78 is 16.3. The Bertz CT molecular complexity index is 1300. The number of halogens is 1. The van der Waals surface area contributed by atoms with Gasteiger partial charge in [-0.05, 0) is 37.3 Å². The molecule has 3 aromatic rings. The van der Waals surface area contributed by atoms with Crippen molar-refractivity contribution in [2.24, 2.45) is 11.5 Å². The fraction of sp³-hybridized carbons (Fsp3) is 0.208. The molecular formula is C24H23FN5O3+. The SMILES string of the molecule is C#Cc1ccc([N+]2(C(N)=O)C[C@H](O)C[C@]2(C(N)=O)c2ccc(-n3nccc3C)cc2F)cc1. The number of hydrogen-bond acceptors (Lipinski definition) is 4. The minimum absolute atomic E-state index is 0.139. The van der Waals surface area contributed by atoms with Crippen LogP contribution in [0.3, 0.4) is 0 Å². The molecule has 1 aliphatic heterocycles. The van der Waals surface area contributed by atoms with Crippen LogP contribution in [-0.4, -0.2) is 39.5 Å². The summed E-state index contributed by atoms with van der Waals surface area (Å²) in [7, 11) is 0. The number of hydrogen-bond donors (Lipinski definition) is 3. The molecule has 8 nitrogen and oxygen atoms in total. The van der Waals surface area contributed by atoms with Gasteiger partial charge in [0.2, 0.25) is 5.54 Å². The average molecular weight is 448 g/mol. The normalized spacial score (nSPS) is 24.4. The van der Waals surface area contributed by atoms with Crippen molar-refractivity contribution in [1.82, 2.24) is 14.3 Å². The quantitative estimate of drug-likeness (QED) is 0.416. The highest BCUT2D eigenvalue weighted by Crippen LogP contribution is 2.49. The first-order valence-electron chi connectivity index (χ1n) is 10.2. The number of aliphatic hydroxyl groups excluding tert-OH is 1. The number of nitrogens with two attached hydrogens (primary N) is 2. The van der Waals surface area contributed by atoms with Gasteiger partial charge in [-0.25, -0.2) is 13.9 Å². The molecule has 2 aromatic carbocycles. The number of aromatic nitrogens is 2. The van der Waals surface area contributed by atoms with Gasteiger partial charge in [0.1, 0.15) is 24.2 Å². The number of carbonyl (C=O) groups excluding carboxylic acids is 2. The average Bonchev–Trinajstić information content (AvgIpc) is 3.35. The number of aryl methyl sites for hydroxylation is 1. The lowest BCUT2D eigenvalue weighted by Crippen LogP contribution is -2.70. The van der Waals surface area contributed by atoms with Crippen LogP contribution in [0.2, 0.25) is 0 Å². The van der Waals surface area contributed by atoms with Crippen molar-refractivity contribution in [2.75, 3.05) is 6.54 Å². The predicted octanol–water partition coefficient (Wildman–Crippen LogP) is 1.83. The van der Waals surface area contributed by atoms with Crippen molar-refractivity contribution in [3.05, 3.63) is 77.4 Å². The molecular weight excluding hydrogens is 425 g/mol. The number of nitrogens with zero attached hydrogens (tertiary/aromatic N) is 3. The van der Waals surface area contributed by atoms with Crippen LogP contribution in [0.4, 0.5) is 14.9 Å². The van der Waals surface area contributed by atoms with Gasteiger partial charge in [-0.15, -0.1) is 6.42 Å². The second kappa shape index (κ2) is 7.85. The Morgan fingerprint density at radius 3 is 2.45 bits per heavy atom. The first-order chi connectivity index (χ1) is 15.7. The van der Waals surface area contributed by atoms with Crippen LogP contribution in [0.5, 0.6) is 0 Å². The van der Waals surface area contributed by atoms with Gasteiger partial charge >= 0.3 is 6.03 Å². The molecule has 1 aliphatic rings. The number of urea groups is 1. The molecule has 1 unspecified atom stereocenters. The number of rotatable bonds is 4. The summed E-state index contributed by atoms with van der Waals surface area (Å²) in [6.45, 7) is 1.55. The Morgan fingerprint density at radius 2 is 1.94 bits per heavy atom. The number of benzene rings is 2. The lowest BCUT2D eigenvalue weighted by Gasteiger charge is -2.42. The van der Waals surface area contributed by atoms with E-state index in [1.54, 1.807) is 30.5 Å². The van der Waals surface area contributed by atoms with Gasteiger partial charge in [0, 0.05) is 42.1 Å². The van der Waals surface area contributed by atoms with Crippen LogP contribution in [0.25, 0.3) is 5.69 Å². The number of carbonyl (C=O) groups is 2. The number of quaternary nitrogens is 1. The lowest BCUT2D eigenvalue weighted by atomic mass is 9.83. The smallest absolute Gasteiger partial charge is 0.387 e. The Morgan fingerprint density at radius 1 is 1.24 bits per heavy atom. The third-order valence-electron chi connectivity index (χ3n) is 6.40. The summed E-state index contributed by atoms with van der Waals surface area (Å²) in [5.74, 6) is 0.707. The summed E-state index contributed by atoms with van der Waals surface area (Å²) in [4.78, 5) is 26.1. The zero-order valence-electron chi connectivity index (χ0n) is 17.9. The molecule has 0 aliphatic carbocycles. The van der Waals surface area contributed by atoms with E-state index in [-0.39, 0.29) is 24.2 Å². The molecule has 0 spiro atoms. The summed E-state index contributed by atoms with van der Waals surface area (Å²) in [5.41, 5.74) is 11.6. The maximum Gasteiger partial charge on any atom is 0.420 e. The monoisotopic (exact) mass is 448 g/mol. The van der Waals surface area contributed by atoms with Gasteiger partial charge in [0.25, 0.3) is 5.91 Å². The maximum atomic E-state index is 15.7. The number of likely N-dealkylation sites (tertiary alicyclic amines) is 1. The molecule has 2 heterocycles. The van der Waals surface area contributed by atoms with Crippen molar-refractivity contribution < 1.29 is 19.1 Å². The Hall–Kier alpha value is -4.00. The van der Waals surface area contributed by atoms with E-state index in [0.29, 0.717) is 11.3 Å². The molecule has 9 heteroatoms. The summed E-state index contributed by atoms with van der Waals surface area (Å²) in [5, 5.41) is 14.8. The topological polar surface area (TPSA) is 124 Å². The molecule has 1 saturated heterocycles. The number of amides is 3. The number of terminal acetylenes is 1. The van der Waals surface area contributed by atoms with Gasteiger partial charge in [-0.2, -0.15) is 9.58 Å². The van der Waals surface area contributed by atoms with Crippen LogP contribution in [0.1, 0.15) is 23.2 Å². The van der Waals surface area contributed by atoms with Crippen molar-refractivity contribution in [1.29, 1.82) is 0 Å². The van der Waals surface area contributed by atoms with Gasteiger partial charge < -0.3 is 16.6 Å². The molecule has 3 atom stereocenters. The van der Waals surface area contributed by atoms with Gasteiger partial charge in [-0.1, -0.05) is 5.92 Å². The van der Waals surface area contributed by atoms with E-state index in [4.69, 9.17) is 17.9 Å². The number of aliphatic hydroxyl groups is 1. The molecule has 33 heavy (non-hydrogen) atoms. The molecule has 1 fully saturated rings. The van der Waals surface area contributed by atoms with Crippen LogP contribution < -0.4 is 16.0 Å². The van der Waals surface area contributed by atoms with Crippen LogP contribution in [-0.2, 0) is 10.3 Å². The molecule has 5 N–H and O–H groups in total. The minimum Gasteiger partial charge on any atom is -0.387 e. The second-order valence-corrected chi connectivity index (χ2v) is 8.15. The zero-order valence-corrected chi connectivity index (χ0v) is 17.9. The highest BCUT2D eigenvalue weighted by atomic mass is 19.1. The van der Waals surface area contributed by atoms with Gasteiger partial charge in [-0.3, -0.25) is 4.79 Å². The van der Waals surface area contributed by atoms with Crippen molar-refractivity contribution in [3.8, 4) is 18.0 Å². The molecule has 0 radical (unpaired) electrons. The molecule has 0 bridgehead atoms. The van der Waals surface area contributed by atoms with Crippen LogP contribution in [0, 0.1) is 25.1 Å². The van der Waals surface area contributed by atoms with Crippen molar-refractivity contribution in [3.63, 3.8) is 0 Å². The summed E-state index contributed by atoms with van der Waals surface area (Å²) in [6.07, 6.45) is 5.56. The molecule has 3 amide bonds. The standard InChI is InChI=1S/C24H22FN5O3/c1-3-16-4-7-18(8-5-16)30(23(27)33)14-19(31)13-24(30,22(26)32)20-9-6-17(12-21(20)25)29-15(2)10-11-28-29/h1,4-12,19,31H,13-14H2,2H3,(H3-,26,27,32,33)/p+1/t19-,24-,30?/m1/s1. The van der Waals surface area contributed by atoms with Crippen molar-refractivity contribution >= 4 is 17.6 Å². The van der Waals surface area contributed by atoms with Gasteiger partial charge in [0.05, 0.1) is 11.3 Å². The highest BCUT2D eigenvalue weighted by Gasteiger charge is 2.69. The summed E-state index contributed by atoms with van der Waals surface area (Å²) >= 11 is 0. The third-order valence-corrected chi connectivity index (χ3v) is 6.40. The van der Waals surface area contributed by atoms with Crippen molar-refractivity contribution in [2.45, 2.75) is 25.0 Å². The van der Waals surface area contributed by atoms with E-state index in [2.05, 4.69) is 11.0 Å². The largest absolute Gasteiger partial charge is 0.420 e. The molecule has 4 rings (SSSR count). The first kappa shape index (κ1) is 22.2. The first-order valence-corrected chi connectivity index (χ1v) is 10.2. The maximum absolute atomic E-state index is 15.7. The fourth-order valence-electron chi connectivity index (χ4n) is 4.92. The van der Waals surface area contributed by atoms with E-state index in [1.807, 2.05) is 6.92 Å². The Balaban J connectivity index is 1.99. The Kier molecular flexibility index (Phi) is 5.28. The fourth-order valence-corrected chi connectivity index (χ4v) is 4.92. The molecule has 168 valence electrons. The summed E-state index contributed by atoms with van der Waals surface area (Å²) in [6, 6.07) is 11.2. The minimum atomic E-state index is -1.98. The van der Waals surface area contributed by atoms with E-state index in [0.717, 1.165) is 5.69 Å². The van der Waals surface area contributed by atoms with Gasteiger partial charge in [0.15, 0.2) is 0 Å². The highest BCUT2D eigenvalue weighted by molar-refractivity contribution is 5.99. The molecule has 1 aromatic heterocycles. The third kappa shape index (κ3) is 3.11. The van der Waals surface area contributed by atoms with E-state index in [9.17, 15) is 14.7 Å². The van der Waals surface area contributed by atoms with Crippen LogP contribution in [0.15, 0.2) is 54.7 Å². The van der Waals surface area contributed by atoms with Crippen LogP contribution >= 0.6 is 0 Å². The number of primary amides is 2. The zero-order chi connectivity index (χ0) is 24.0. The van der Waals surface area contributed by atoms with E-state index >= 15 is 4.39 Å². The van der Waals surface area contributed by atoms with E-state index < -0.39 is 33.9 Å². The predicted molar refractivity (Wildman–Crippen MR) is 120 cm³/mol. The molecule has 0 saturated carbocycles. The lowest BCUT2D eigenvalue weighted by molar-refractivity contribution is -0.127.